The van der Waals surface area contributed by atoms with E-state index < -0.39 is 0 Å². The maximum Gasteiger partial charge on any atom is 0.176 e. The van der Waals surface area contributed by atoms with Crippen LogP contribution in [-0.2, 0) is 0 Å². The lowest BCUT2D eigenvalue weighted by Gasteiger charge is -2.28. The van der Waals surface area contributed by atoms with Crippen molar-refractivity contribution in [2.45, 2.75) is 25.7 Å². The minimum atomic E-state index is -0.0994. The summed E-state index contributed by atoms with van der Waals surface area (Å²) in [5, 5.41) is 8.48. The highest BCUT2D eigenvalue weighted by molar-refractivity contribution is 5.97. The molecule has 3 nitrogen and oxygen atoms in total. The Labute approximate surface area is 102 Å². The van der Waals surface area contributed by atoms with Crippen LogP contribution in [0.2, 0.25) is 0 Å². The van der Waals surface area contributed by atoms with Crippen LogP contribution in [0.3, 0.4) is 0 Å². The van der Waals surface area contributed by atoms with Crippen LogP contribution in [0.1, 0.15) is 36.0 Å². The van der Waals surface area contributed by atoms with Crippen molar-refractivity contribution < 1.29 is 4.79 Å². The number of carbonyl (C=O) groups excluding carboxylic acids is 1. The number of rotatable bonds is 3. The third-order valence-corrected chi connectivity index (χ3v) is 3.15. The van der Waals surface area contributed by atoms with Gasteiger partial charge >= 0.3 is 0 Å². The summed E-state index contributed by atoms with van der Waals surface area (Å²) in [5.41, 5.74) is 1.81. The van der Waals surface area contributed by atoms with Crippen molar-refractivity contribution >= 4 is 11.5 Å². The van der Waals surface area contributed by atoms with E-state index in [0.29, 0.717) is 5.56 Å². The third kappa shape index (κ3) is 2.85. The smallest absolute Gasteiger partial charge is 0.176 e. The van der Waals surface area contributed by atoms with E-state index in [1.807, 2.05) is 30.3 Å². The Kier molecular flexibility index (Phi) is 3.77. The average Bonchev–Trinajstić information content (AvgIpc) is 2.40. The summed E-state index contributed by atoms with van der Waals surface area (Å²) in [6.07, 6.45) is 3.77. The maximum atomic E-state index is 11.5. The van der Waals surface area contributed by atoms with Crippen molar-refractivity contribution in [3.05, 3.63) is 29.8 Å². The van der Waals surface area contributed by atoms with Gasteiger partial charge in [-0.15, -0.1) is 0 Å². The molecule has 1 fully saturated rings. The second kappa shape index (κ2) is 5.49. The molecule has 0 aromatic heterocycles. The zero-order valence-electron chi connectivity index (χ0n) is 9.85. The fourth-order valence-corrected chi connectivity index (χ4v) is 2.18. The van der Waals surface area contributed by atoms with E-state index in [-0.39, 0.29) is 12.2 Å². The summed E-state index contributed by atoms with van der Waals surface area (Å²) in [5.74, 6) is -0.0994. The maximum absolute atomic E-state index is 11.5. The predicted octanol–water partition coefficient (Wildman–Crippen LogP) is 2.77. The highest BCUT2D eigenvalue weighted by Crippen LogP contribution is 2.20. The molecule has 1 saturated heterocycles. The SMILES string of the molecule is N#CCC(=O)c1ccc(N2CCCCC2)cc1. The van der Waals surface area contributed by atoms with E-state index in [0.717, 1.165) is 13.1 Å². The zero-order valence-corrected chi connectivity index (χ0v) is 9.85. The molecule has 1 aliphatic rings. The predicted molar refractivity (Wildman–Crippen MR) is 67.1 cm³/mol. The van der Waals surface area contributed by atoms with Crippen LogP contribution >= 0.6 is 0 Å². The van der Waals surface area contributed by atoms with Gasteiger partial charge in [0.2, 0.25) is 0 Å². The van der Waals surface area contributed by atoms with Crippen molar-refractivity contribution in [1.82, 2.24) is 0 Å². The minimum absolute atomic E-state index is 0.0386. The molecule has 0 spiro atoms. The Morgan fingerprint density at radius 1 is 1.18 bits per heavy atom. The van der Waals surface area contributed by atoms with Crippen molar-refractivity contribution in [2.24, 2.45) is 0 Å². The number of ketones is 1. The number of carbonyl (C=O) groups is 1. The molecule has 0 unspecified atom stereocenters. The lowest BCUT2D eigenvalue weighted by molar-refractivity contribution is 0.0998. The minimum Gasteiger partial charge on any atom is -0.372 e. The van der Waals surface area contributed by atoms with E-state index in [1.165, 1.54) is 24.9 Å². The average molecular weight is 228 g/mol. The molecule has 0 aliphatic carbocycles. The summed E-state index contributed by atoms with van der Waals surface area (Å²) in [6, 6.07) is 9.49. The number of benzene rings is 1. The first-order valence-corrected chi connectivity index (χ1v) is 6.06. The highest BCUT2D eigenvalue weighted by Gasteiger charge is 2.11. The van der Waals surface area contributed by atoms with Gasteiger partial charge in [-0.25, -0.2) is 0 Å². The number of piperidine rings is 1. The Morgan fingerprint density at radius 2 is 1.82 bits per heavy atom. The van der Waals surface area contributed by atoms with Gasteiger partial charge < -0.3 is 4.90 Å². The molecule has 0 amide bonds. The number of Topliss-reactive ketones (excluding diaryl/α,β-unsaturated/α-hetero) is 1. The van der Waals surface area contributed by atoms with Crippen molar-refractivity contribution in [3.8, 4) is 6.07 Å². The van der Waals surface area contributed by atoms with E-state index in [2.05, 4.69) is 4.90 Å². The first-order chi connectivity index (χ1) is 8.31. The molecule has 3 heteroatoms. The molecular formula is C14H16N2O. The van der Waals surface area contributed by atoms with Crippen molar-refractivity contribution in [3.63, 3.8) is 0 Å². The number of nitriles is 1. The van der Waals surface area contributed by atoms with Crippen LogP contribution in [0.15, 0.2) is 24.3 Å². The number of anilines is 1. The molecule has 1 aromatic carbocycles. The van der Waals surface area contributed by atoms with Crippen molar-refractivity contribution in [2.75, 3.05) is 18.0 Å². The van der Waals surface area contributed by atoms with Gasteiger partial charge in [-0.2, -0.15) is 5.26 Å². The molecule has 1 aromatic rings. The van der Waals surface area contributed by atoms with Gasteiger partial charge in [-0.05, 0) is 43.5 Å². The summed E-state index contributed by atoms with van der Waals surface area (Å²) < 4.78 is 0. The molecule has 0 N–H and O–H groups in total. The Morgan fingerprint density at radius 3 is 2.41 bits per heavy atom. The molecule has 88 valence electrons. The van der Waals surface area contributed by atoms with Gasteiger partial charge in [0.25, 0.3) is 0 Å². The third-order valence-electron chi connectivity index (χ3n) is 3.15. The van der Waals surface area contributed by atoms with Crippen LogP contribution in [0.4, 0.5) is 5.69 Å². The normalized spacial score (nSPS) is 15.4. The lowest BCUT2D eigenvalue weighted by atomic mass is 10.1. The van der Waals surface area contributed by atoms with Crippen LogP contribution in [0, 0.1) is 11.3 Å². The van der Waals surface area contributed by atoms with Gasteiger partial charge in [-0.3, -0.25) is 4.79 Å². The highest BCUT2D eigenvalue weighted by atomic mass is 16.1. The monoisotopic (exact) mass is 228 g/mol. The molecule has 0 bridgehead atoms. The fourth-order valence-electron chi connectivity index (χ4n) is 2.18. The molecular weight excluding hydrogens is 212 g/mol. The van der Waals surface area contributed by atoms with Gasteiger partial charge in [-0.1, -0.05) is 0 Å². The molecule has 0 radical (unpaired) electrons. The molecule has 0 saturated carbocycles. The fraction of sp³-hybridized carbons (Fsp3) is 0.429. The van der Waals surface area contributed by atoms with E-state index in [9.17, 15) is 4.79 Å². The van der Waals surface area contributed by atoms with Gasteiger partial charge in [0.1, 0.15) is 0 Å². The van der Waals surface area contributed by atoms with E-state index in [4.69, 9.17) is 5.26 Å². The first-order valence-electron chi connectivity index (χ1n) is 6.06. The summed E-state index contributed by atoms with van der Waals surface area (Å²) in [7, 11) is 0. The van der Waals surface area contributed by atoms with E-state index >= 15 is 0 Å². The summed E-state index contributed by atoms with van der Waals surface area (Å²) >= 11 is 0. The molecule has 2 rings (SSSR count). The van der Waals surface area contributed by atoms with Crippen LogP contribution < -0.4 is 4.90 Å². The topological polar surface area (TPSA) is 44.1 Å². The Hall–Kier alpha value is -1.82. The Balaban J connectivity index is 2.07. The van der Waals surface area contributed by atoms with Crippen molar-refractivity contribution in [1.29, 1.82) is 5.26 Å². The molecule has 17 heavy (non-hydrogen) atoms. The second-order valence-corrected chi connectivity index (χ2v) is 4.35. The second-order valence-electron chi connectivity index (χ2n) is 4.35. The standard InChI is InChI=1S/C14H16N2O/c15-9-8-14(17)12-4-6-13(7-5-12)16-10-2-1-3-11-16/h4-7H,1-3,8,10-11H2. The van der Waals surface area contributed by atoms with Crippen LogP contribution in [0.5, 0.6) is 0 Å². The lowest BCUT2D eigenvalue weighted by Crippen LogP contribution is -2.29. The van der Waals surface area contributed by atoms with Gasteiger partial charge in [0, 0.05) is 24.3 Å². The first kappa shape index (κ1) is 11.7. The van der Waals surface area contributed by atoms with Gasteiger partial charge in [0.15, 0.2) is 5.78 Å². The summed E-state index contributed by atoms with van der Waals surface area (Å²) in [6.45, 7) is 2.21. The number of nitrogens with zero attached hydrogens (tertiary/aromatic N) is 2. The summed E-state index contributed by atoms with van der Waals surface area (Å²) in [4.78, 5) is 13.8. The number of hydrogen-bond donors (Lipinski definition) is 0. The Bertz CT molecular complexity index is 425. The van der Waals surface area contributed by atoms with Gasteiger partial charge in [0.05, 0.1) is 12.5 Å². The van der Waals surface area contributed by atoms with Crippen LogP contribution in [-0.4, -0.2) is 18.9 Å². The number of hydrogen-bond acceptors (Lipinski definition) is 3. The quantitative estimate of drug-likeness (QED) is 0.747. The largest absolute Gasteiger partial charge is 0.372 e. The molecule has 0 atom stereocenters. The van der Waals surface area contributed by atoms with E-state index in [1.54, 1.807) is 0 Å². The van der Waals surface area contributed by atoms with Crippen LogP contribution in [0.25, 0.3) is 0 Å². The molecule has 1 heterocycles. The molecule has 1 aliphatic heterocycles. The zero-order chi connectivity index (χ0) is 12.1.